The minimum Gasteiger partial charge on any atom is -0.366 e. The van der Waals surface area contributed by atoms with E-state index in [-0.39, 0.29) is 0 Å². The maximum atomic E-state index is 6.21. The molecule has 2 aliphatic rings. The van der Waals surface area contributed by atoms with Crippen molar-refractivity contribution in [2.24, 2.45) is 17.6 Å². The largest absolute Gasteiger partial charge is 0.366 e. The zero-order valence-electron chi connectivity index (χ0n) is 9.57. The van der Waals surface area contributed by atoms with E-state index in [0.29, 0.717) is 17.9 Å². The predicted molar refractivity (Wildman–Crippen MR) is 67.9 cm³/mol. The molecule has 2 nitrogen and oxygen atoms in total. The lowest BCUT2D eigenvalue weighted by atomic mass is 9.55. The van der Waals surface area contributed by atoms with Crippen LogP contribution in [0.15, 0.2) is 0 Å². The van der Waals surface area contributed by atoms with E-state index in [1.54, 1.807) is 0 Å². The number of piperidine rings is 1. The second kappa shape index (κ2) is 3.74. The topological polar surface area (TPSA) is 29.3 Å². The Labute approximate surface area is 99.0 Å². The van der Waals surface area contributed by atoms with Crippen molar-refractivity contribution in [3.05, 3.63) is 0 Å². The van der Waals surface area contributed by atoms with Crippen molar-refractivity contribution < 1.29 is 0 Å². The highest BCUT2D eigenvalue weighted by Gasteiger charge is 2.46. The third-order valence-corrected chi connectivity index (χ3v) is 4.72. The second-order valence-electron chi connectivity index (χ2n) is 5.27. The molecule has 2 rings (SSSR count). The number of fused-ring (bicyclic) bond motifs is 1. The van der Waals surface area contributed by atoms with E-state index in [1.165, 1.54) is 0 Å². The van der Waals surface area contributed by atoms with Gasteiger partial charge in [0.2, 0.25) is 0 Å². The van der Waals surface area contributed by atoms with Crippen LogP contribution in [0.5, 0.6) is 0 Å². The summed E-state index contributed by atoms with van der Waals surface area (Å²) < 4.78 is 0. The molecule has 4 heteroatoms. The SMILES string of the molecule is [B]C1(N)CCC(C)C2C1CCC(=S)N2C. The lowest BCUT2D eigenvalue weighted by Crippen LogP contribution is -2.63. The van der Waals surface area contributed by atoms with Gasteiger partial charge in [-0.05, 0) is 43.0 Å². The summed E-state index contributed by atoms with van der Waals surface area (Å²) >= 11 is 5.37. The summed E-state index contributed by atoms with van der Waals surface area (Å²) in [5, 5.41) is 0. The highest BCUT2D eigenvalue weighted by Crippen LogP contribution is 2.41. The fourth-order valence-corrected chi connectivity index (χ4v) is 3.50. The van der Waals surface area contributed by atoms with Crippen LogP contribution in [0.1, 0.15) is 32.6 Å². The third-order valence-electron chi connectivity index (χ3n) is 4.23. The molecule has 1 heterocycles. The second-order valence-corrected chi connectivity index (χ2v) is 5.74. The van der Waals surface area contributed by atoms with Gasteiger partial charge in [-0.15, -0.1) is 0 Å². The number of nitrogens with two attached hydrogens (primary N) is 1. The van der Waals surface area contributed by atoms with Crippen molar-refractivity contribution in [3.63, 3.8) is 0 Å². The Kier molecular flexibility index (Phi) is 2.84. The molecule has 1 saturated carbocycles. The molecule has 2 radical (unpaired) electrons. The summed E-state index contributed by atoms with van der Waals surface area (Å²) in [5.41, 5.74) is 5.73. The van der Waals surface area contributed by atoms with Crippen LogP contribution in [0.3, 0.4) is 0 Å². The summed E-state index contributed by atoms with van der Waals surface area (Å²) in [4.78, 5) is 3.31. The fourth-order valence-electron chi connectivity index (χ4n) is 3.26. The first-order valence-electron chi connectivity index (χ1n) is 5.77. The molecule has 15 heavy (non-hydrogen) atoms. The normalized spacial score (nSPS) is 46.5. The van der Waals surface area contributed by atoms with Crippen LogP contribution in [-0.4, -0.2) is 36.3 Å². The van der Waals surface area contributed by atoms with Crippen molar-refractivity contribution in [1.82, 2.24) is 4.90 Å². The van der Waals surface area contributed by atoms with Gasteiger partial charge < -0.3 is 10.6 Å². The highest BCUT2D eigenvalue weighted by molar-refractivity contribution is 7.80. The Morgan fingerprint density at radius 2 is 2.20 bits per heavy atom. The standard InChI is InChI=1S/C11H19BN2S/c1-7-5-6-11(12,13)8-3-4-9(15)14(2)10(7)8/h7-8,10H,3-6,13H2,1-2H3. The molecule has 0 aromatic rings. The predicted octanol–water partition coefficient (Wildman–Crippen LogP) is 1.28. The molecule has 1 saturated heterocycles. The molecule has 82 valence electrons. The van der Waals surface area contributed by atoms with Crippen LogP contribution < -0.4 is 5.73 Å². The van der Waals surface area contributed by atoms with Crippen LogP contribution >= 0.6 is 12.2 Å². The number of likely N-dealkylation sites (tertiary alicyclic amines) is 1. The zero-order chi connectivity index (χ0) is 11.2. The van der Waals surface area contributed by atoms with Gasteiger partial charge in [-0.25, -0.2) is 0 Å². The average molecular weight is 222 g/mol. The smallest absolute Gasteiger partial charge is 0.0955 e. The van der Waals surface area contributed by atoms with Crippen LogP contribution in [-0.2, 0) is 0 Å². The number of hydrogen-bond acceptors (Lipinski definition) is 2. The van der Waals surface area contributed by atoms with Gasteiger partial charge in [0.05, 0.1) is 12.8 Å². The molecule has 0 aromatic carbocycles. The lowest BCUT2D eigenvalue weighted by Gasteiger charge is -2.54. The van der Waals surface area contributed by atoms with E-state index < -0.39 is 5.44 Å². The minimum absolute atomic E-state index is 0.401. The molecule has 4 atom stereocenters. The van der Waals surface area contributed by atoms with Crippen molar-refractivity contribution in [2.45, 2.75) is 44.1 Å². The molecule has 0 aromatic heterocycles. The van der Waals surface area contributed by atoms with Gasteiger partial charge in [0.25, 0.3) is 0 Å². The number of nitrogens with zero attached hydrogens (tertiary/aromatic N) is 1. The maximum absolute atomic E-state index is 6.21. The van der Waals surface area contributed by atoms with Crippen molar-refractivity contribution in [2.75, 3.05) is 7.05 Å². The Bertz CT molecular complexity index is 280. The number of rotatable bonds is 0. The van der Waals surface area contributed by atoms with Crippen LogP contribution in [0, 0.1) is 11.8 Å². The minimum atomic E-state index is -0.485. The number of hydrogen-bond donors (Lipinski definition) is 1. The van der Waals surface area contributed by atoms with E-state index in [9.17, 15) is 0 Å². The van der Waals surface area contributed by atoms with Crippen molar-refractivity contribution >= 4 is 25.1 Å². The summed E-state index contributed by atoms with van der Waals surface area (Å²) in [7, 11) is 8.30. The maximum Gasteiger partial charge on any atom is 0.0955 e. The van der Waals surface area contributed by atoms with Crippen molar-refractivity contribution in [3.8, 4) is 0 Å². The Balaban J connectivity index is 2.26. The van der Waals surface area contributed by atoms with Gasteiger partial charge in [0.1, 0.15) is 0 Å². The summed E-state index contributed by atoms with van der Waals surface area (Å²) in [5.74, 6) is 1.05. The van der Waals surface area contributed by atoms with Crippen molar-refractivity contribution in [1.29, 1.82) is 0 Å². The van der Waals surface area contributed by atoms with E-state index in [4.69, 9.17) is 25.8 Å². The van der Waals surface area contributed by atoms with Gasteiger partial charge in [-0.3, -0.25) is 0 Å². The first kappa shape index (κ1) is 11.4. The highest BCUT2D eigenvalue weighted by atomic mass is 32.1. The first-order chi connectivity index (χ1) is 6.93. The fraction of sp³-hybridized carbons (Fsp3) is 0.909. The Morgan fingerprint density at radius 3 is 2.87 bits per heavy atom. The Hall–Kier alpha value is -0.0851. The molecule has 4 unspecified atom stereocenters. The van der Waals surface area contributed by atoms with Crippen LogP contribution in [0.4, 0.5) is 0 Å². The van der Waals surface area contributed by atoms with E-state index >= 15 is 0 Å². The van der Waals surface area contributed by atoms with Gasteiger partial charge in [-0.2, -0.15) is 0 Å². The average Bonchev–Trinajstić information content (AvgIpc) is 2.17. The summed E-state index contributed by atoms with van der Waals surface area (Å²) in [6, 6.07) is 0.454. The van der Waals surface area contributed by atoms with Gasteiger partial charge in [0.15, 0.2) is 0 Å². The quantitative estimate of drug-likeness (QED) is 0.494. The molecular weight excluding hydrogens is 203 g/mol. The number of thiocarbonyl (C=S) groups is 1. The molecule has 2 fully saturated rings. The third kappa shape index (κ3) is 1.82. The summed E-state index contributed by atoms with van der Waals surface area (Å²) in [6.45, 7) is 2.29. The molecule has 0 bridgehead atoms. The van der Waals surface area contributed by atoms with E-state index in [2.05, 4.69) is 18.9 Å². The van der Waals surface area contributed by atoms with Gasteiger partial charge in [0, 0.05) is 13.1 Å². The van der Waals surface area contributed by atoms with Gasteiger partial charge in [-0.1, -0.05) is 19.1 Å². The van der Waals surface area contributed by atoms with Gasteiger partial charge >= 0.3 is 0 Å². The molecule has 1 aliphatic carbocycles. The monoisotopic (exact) mass is 222 g/mol. The Morgan fingerprint density at radius 1 is 1.53 bits per heavy atom. The van der Waals surface area contributed by atoms with E-state index in [0.717, 1.165) is 30.7 Å². The van der Waals surface area contributed by atoms with Crippen LogP contribution in [0.2, 0.25) is 0 Å². The molecule has 2 N–H and O–H groups in total. The molecule has 0 amide bonds. The van der Waals surface area contributed by atoms with Crippen LogP contribution in [0.25, 0.3) is 0 Å². The zero-order valence-corrected chi connectivity index (χ0v) is 10.4. The first-order valence-corrected chi connectivity index (χ1v) is 6.18. The molecular formula is C11H19BN2S. The molecule has 0 spiro atoms. The van der Waals surface area contributed by atoms with E-state index in [1.807, 2.05) is 0 Å². The lowest BCUT2D eigenvalue weighted by molar-refractivity contribution is 0.0773. The summed E-state index contributed by atoms with van der Waals surface area (Å²) in [6.07, 6.45) is 4.08. The molecule has 1 aliphatic heterocycles.